The summed E-state index contributed by atoms with van der Waals surface area (Å²) in [7, 11) is 4.14. The molecule has 0 saturated heterocycles. The minimum Gasteiger partial charge on any atom is -0.317 e. The van der Waals surface area contributed by atoms with Gasteiger partial charge in [-0.1, -0.05) is 22.0 Å². The first-order chi connectivity index (χ1) is 9.10. The Labute approximate surface area is 123 Å². The van der Waals surface area contributed by atoms with E-state index in [2.05, 4.69) is 33.2 Å². The van der Waals surface area contributed by atoms with Crippen LogP contribution in [0.5, 0.6) is 0 Å². The van der Waals surface area contributed by atoms with Crippen LogP contribution in [0, 0.1) is 5.82 Å². The van der Waals surface area contributed by atoms with E-state index < -0.39 is 0 Å². The molecule has 0 atom stereocenters. The van der Waals surface area contributed by atoms with Gasteiger partial charge in [-0.05, 0) is 51.9 Å². The van der Waals surface area contributed by atoms with Crippen molar-refractivity contribution in [1.29, 1.82) is 0 Å². The molecule has 0 aliphatic heterocycles. The summed E-state index contributed by atoms with van der Waals surface area (Å²) in [5.74, 6) is -0.120. The van der Waals surface area contributed by atoms with Gasteiger partial charge >= 0.3 is 0 Å². The van der Waals surface area contributed by atoms with Crippen LogP contribution in [0.1, 0.15) is 31.2 Å². The summed E-state index contributed by atoms with van der Waals surface area (Å²) in [4.78, 5) is 2.29. The number of hydrogen-bond donors (Lipinski definition) is 1. The third kappa shape index (κ3) is 4.01. The summed E-state index contributed by atoms with van der Waals surface area (Å²) in [6.45, 7) is 0.688. The quantitative estimate of drug-likeness (QED) is 0.909. The van der Waals surface area contributed by atoms with Crippen LogP contribution in [0.4, 0.5) is 4.39 Å². The summed E-state index contributed by atoms with van der Waals surface area (Å²) >= 11 is 3.29. The number of halogens is 2. The van der Waals surface area contributed by atoms with Gasteiger partial charge in [-0.15, -0.1) is 0 Å². The third-order valence-corrected chi connectivity index (χ3v) is 4.66. The lowest BCUT2D eigenvalue weighted by Gasteiger charge is -2.34. The van der Waals surface area contributed by atoms with Crippen LogP contribution < -0.4 is 5.32 Å². The fraction of sp³-hybridized carbons (Fsp3) is 0.600. The lowest BCUT2D eigenvalue weighted by molar-refractivity contribution is 0.168. The molecule has 1 aromatic carbocycles. The van der Waals surface area contributed by atoms with Crippen molar-refractivity contribution in [2.75, 3.05) is 14.1 Å². The molecule has 0 unspecified atom stereocenters. The number of hydrogen-bond acceptors (Lipinski definition) is 2. The first-order valence-electron chi connectivity index (χ1n) is 6.91. The Morgan fingerprint density at radius 3 is 2.58 bits per heavy atom. The maximum atomic E-state index is 13.8. The van der Waals surface area contributed by atoms with Crippen molar-refractivity contribution < 1.29 is 4.39 Å². The average molecular weight is 329 g/mol. The molecule has 0 spiro atoms. The Kier molecular flexibility index (Phi) is 5.37. The molecular weight excluding hydrogens is 307 g/mol. The normalized spacial score (nSPS) is 23.8. The predicted molar refractivity (Wildman–Crippen MR) is 80.7 cm³/mol. The zero-order chi connectivity index (χ0) is 13.8. The second-order valence-corrected chi connectivity index (χ2v) is 6.36. The van der Waals surface area contributed by atoms with E-state index in [1.54, 1.807) is 6.07 Å². The molecule has 1 fully saturated rings. The number of benzene rings is 1. The highest BCUT2D eigenvalue weighted by Crippen LogP contribution is 2.24. The molecule has 2 rings (SSSR count). The molecule has 0 bridgehead atoms. The molecule has 19 heavy (non-hydrogen) atoms. The smallest absolute Gasteiger partial charge is 0.128 e. The SMILES string of the molecule is CNC1CCC(N(C)Cc2ccc(Br)cc2F)CC1. The number of nitrogens with zero attached hydrogens (tertiary/aromatic N) is 1. The van der Waals surface area contributed by atoms with Gasteiger partial charge in [0.25, 0.3) is 0 Å². The maximum absolute atomic E-state index is 13.8. The van der Waals surface area contributed by atoms with Crippen molar-refractivity contribution >= 4 is 15.9 Å². The molecule has 0 amide bonds. The van der Waals surface area contributed by atoms with E-state index in [9.17, 15) is 4.39 Å². The lowest BCUT2D eigenvalue weighted by atomic mass is 9.90. The van der Waals surface area contributed by atoms with E-state index in [1.165, 1.54) is 25.7 Å². The van der Waals surface area contributed by atoms with E-state index in [4.69, 9.17) is 0 Å². The van der Waals surface area contributed by atoms with Gasteiger partial charge in [-0.3, -0.25) is 4.90 Å². The van der Waals surface area contributed by atoms with Gasteiger partial charge in [0.05, 0.1) is 0 Å². The molecule has 1 aliphatic carbocycles. The van der Waals surface area contributed by atoms with Crippen LogP contribution in [0.3, 0.4) is 0 Å². The fourth-order valence-electron chi connectivity index (χ4n) is 2.85. The van der Waals surface area contributed by atoms with Crippen molar-refractivity contribution in [3.63, 3.8) is 0 Å². The minimum absolute atomic E-state index is 0.120. The molecule has 1 saturated carbocycles. The largest absolute Gasteiger partial charge is 0.317 e. The summed E-state index contributed by atoms with van der Waals surface area (Å²) in [5, 5.41) is 3.34. The van der Waals surface area contributed by atoms with E-state index in [-0.39, 0.29) is 5.82 Å². The predicted octanol–water partition coefficient (Wildman–Crippen LogP) is 3.55. The maximum Gasteiger partial charge on any atom is 0.128 e. The highest BCUT2D eigenvalue weighted by Gasteiger charge is 2.23. The number of nitrogens with one attached hydrogen (secondary N) is 1. The molecule has 1 aromatic rings. The van der Waals surface area contributed by atoms with Gasteiger partial charge in [0, 0.05) is 28.7 Å². The Morgan fingerprint density at radius 2 is 2.00 bits per heavy atom. The van der Waals surface area contributed by atoms with E-state index in [0.717, 1.165) is 10.0 Å². The molecule has 0 aromatic heterocycles. The van der Waals surface area contributed by atoms with Gasteiger partial charge in [0.1, 0.15) is 5.82 Å². The van der Waals surface area contributed by atoms with Gasteiger partial charge in [-0.2, -0.15) is 0 Å². The highest BCUT2D eigenvalue weighted by atomic mass is 79.9. The van der Waals surface area contributed by atoms with Crippen LogP contribution >= 0.6 is 15.9 Å². The lowest BCUT2D eigenvalue weighted by Crippen LogP contribution is -2.39. The Bertz CT molecular complexity index is 417. The van der Waals surface area contributed by atoms with Crippen LogP contribution in [0.2, 0.25) is 0 Å². The van der Waals surface area contributed by atoms with Crippen molar-refractivity contribution in [3.05, 3.63) is 34.1 Å². The van der Waals surface area contributed by atoms with Crippen molar-refractivity contribution in [3.8, 4) is 0 Å². The number of rotatable bonds is 4. The molecule has 1 N–H and O–H groups in total. The fourth-order valence-corrected chi connectivity index (χ4v) is 3.19. The van der Waals surface area contributed by atoms with E-state index in [1.807, 2.05) is 19.2 Å². The van der Waals surface area contributed by atoms with Crippen LogP contribution in [-0.4, -0.2) is 31.1 Å². The van der Waals surface area contributed by atoms with Crippen LogP contribution in [0.25, 0.3) is 0 Å². The average Bonchev–Trinajstić information content (AvgIpc) is 2.42. The van der Waals surface area contributed by atoms with Crippen molar-refractivity contribution in [2.45, 2.75) is 44.3 Å². The summed E-state index contributed by atoms with van der Waals surface area (Å²) in [6.07, 6.45) is 4.82. The Morgan fingerprint density at radius 1 is 1.32 bits per heavy atom. The molecule has 0 heterocycles. The highest BCUT2D eigenvalue weighted by molar-refractivity contribution is 9.10. The van der Waals surface area contributed by atoms with Crippen molar-refractivity contribution in [1.82, 2.24) is 10.2 Å². The van der Waals surface area contributed by atoms with Gasteiger partial charge in [0.2, 0.25) is 0 Å². The van der Waals surface area contributed by atoms with Gasteiger partial charge < -0.3 is 5.32 Å². The minimum atomic E-state index is -0.120. The summed E-state index contributed by atoms with van der Waals surface area (Å²) < 4.78 is 14.6. The summed E-state index contributed by atoms with van der Waals surface area (Å²) in [6, 6.07) is 6.56. The van der Waals surface area contributed by atoms with E-state index in [0.29, 0.717) is 18.6 Å². The summed E-state index contributed by atoms with van der Waals surface area (Å²) in [5.41, 5.74) is 0.779. The van der Waals surface area contributed by atoms with Crippen LogP contribution in [0.15, 0.2) is 22.7 Å². The first-order valence-corrected chi connectivity index (χ1v) is 7.71. The first kappa shape index (κ1) is 14.9. The molecule has 1 aliphatic rings. The zero-order valence-corrected chi connectivity index (χ0v) is 13.2. The molecule has 4 heteroatoms. The van der Waals surface area contributed by atoms with Crippen molar-refractivity contribution in [2.24, 2.45) is 0 Å². The zero-order valence-electron chi connectivity index (χ0n) is 11.6. The third-order valence-electron chi connectivity index (χ3n) is 4.16. The van der Waals surface area contributed by atoms with Gasteiger partial charge in [-0.25, -0.2) is 4.39 Å². The second-order valence-electron chi connectivity index (χ2n) is 5.44. The molecular formula is C15H22BrFN2. The molecule has 2 nitrogen and oxygen atoms in total. The molecule has 0 radical (unpaired) electrons. The van der Waals surface area contributed by atoms with Gasteiger partial charge in [0.15, 0.2) is 0 Å². The van der Waals surface area contributed by atoms with Crippen LogP contribution in [-0.2, 0) is 6.54 Å². The Balaban J connectivity index is 1.92. The monoisotopic (exact) mass is 328 g/mol. The second kappa shape index (κ2) is 6.82. The standard InChI is InChI=1S/C15H22BrFN2/c1-18-13-5-7-14(8-6-13)19(2)10-11-3-4-12(16)9-15(11)17/h3-4,9,13-14,18H,5-8,10H2,1-2H3. The topological polar surface area (TPSA) is 15.3 Å². The van der Waals surface area contributed by atoms with E-state index >= 15 is 0 Å². The molecule has 106 valence electrons. The Hall–Kier alpha value is -0.450.